The predicted molar refractivity (Wildman–Crippen MR) is 124 cm³/mol. The molecule has 1 saturated heterocycles. The fourth-order valence-electron chi connectivity index (χ4n) is 5.62. The van der Waals surface area contributed by atoms with Crippen molar-refractivity contribution in [3.63, 3.8) is 0 Å². The number of hydrogen-bond donors (Lipinski definition) is 2. The number of rotatable bonds is 5. The Labute approximate surface area is 196 Å². The molecule has 2 atom stereocenters. The summed E-state index contributed by atoms with van der Waals surface area (Å²) in [7, 11) is 0. The van der Waals surface area contributed by atoms with Crippen molar-refractivity contribution in [2.24, 2.45) is 11.3 Å². The van der Waals surface area contributed by atoms with Crippen molar-refractivity contribution >= 4 is 28.7 Å². The lowest BCUT2D eigenvalue weighted by atomic mass is 9.90. The predicted octanol–water partition coefficient (Wildman–Crippen LogP) is 3.06. The van der Waals surface area contributed by atoms with E-state index in [2.05, 4.69) is 15.6 Å². The van der Waals surface area contributed by atoms with E-state index in [0.717, 1.165) is 43.3 Å². The van der Waals surface area contributed by atoms with Crippen LogP contribution < -0.4 is 10.6 Å². The molecule has 4 heterocycles. The van der Waals surface area contributed by atoms with E-state index >= 15 is 0 Å². The van der Waals surface area contributed by atoms with Crippen LogP contribution in [0.1, 0.15) is 58.2 Å². The van der Waals surface area contributed by atoms with Gasteiger partial charge < -0.3 is 20.0 Å². The van der Waals surface area contributed by atoms with E-state index in [1.54, 1.807) is 24.5 Å². The van der Waals surface area contributed by atoms with Crippen molar-refractivity contribution in [3.8, 4) is 0 Å². The van der Waals surface area contributed by atoms with E-state index < -0.39 is 0 Å². The van der Waals surface area contributed by atoms with E-state index in [1.165, 1.54) is 0 Å². The molecule has 2 aliphatic heterocycles. The Morgan fingerprint density at radius 1 is 1.21 bits per heavy atom. The van der Waals surface area contributed by atoms with Gasteiger partial charge in [0.15, 0.2) is 11.3 Å². The highest BCUT2D eigenvalue weighted by Crippen LogP contribution is 2.59. The highest BCUT2D eigenvalue weighted by atomic mass is 16.3. The van der Waals surface area contributed by atoms with Crippen molar-refractivity contribution in [3.05, 3.63) is 65.7 Å². The van der Waals surface area contributed by atoms with Gasteiger partial charge in [0, 0.05) is 36.8 Å². The standard InChI is InChI=1S/C26H26N4O4/c31-23(12-20-18-3-1-2-4-19(18)24(32)29-20)30-9-6-26(7-10-30)13-17(26)14-28-25(33)21-11-16-5-8-27-15-22(16)34-21/h1-5,8,11,15,17,20H,6-7,9-10,12-14H2,(H,28,33)(H,29,32). The first-order valence-corrected chi connectivity index (χ1v) is 11.8. The number of pyridine rings is 1. The molecule has 3 aromatic rings. The van der Waals surface area contributed by atoms with Crippen LogP contribution in [0, 0.1) is 11.3 Å². The summed E-state index contributed by atoms with van der Waals surface area (Å²) < 4.78 is 5.60. The molecule has 1 saturated carbocycles. The molecule has 2 unspecified atom stereocenters. The monoisotopic (exact) mass is 458 g/mol. The molecular weight excluding hydrogens is 432 g/mol. The molecule has 174 valence electrons. The molecule has 8 heteroatoms. The summed E-state index contributed by atoms with van der Waals surface area (Å²) >= 11 is 0. The maximum absolute atomic E-state index is 12.9. The van der Waals surface area contributed by atoms with Crippen LogP contribution in [0.2, 0.25) is 0 Å². The van der Waals surface area contributed by atoms with Crippen LogP contribution in [0.4, 0.5) is 0 Å². The number of aromatic nitrogens is 1. The van der Waals surface area contributed by atoms with Crippen LogP contribution in [-0.2, 0) is 4.79 Å². The van der Waals surface area contributed by atoms with Crippen molar-refractivity contribution in [1.82, 2.24) is 20.5 Å². The van der Waals surface area contributed by atoms with Crippen molar-refractivity contribution in [2.75, 3.05) is 19.6 Å². The number of nitrogens with one attached hydrogen (secondary N) is 2. The molecule has 2 aromatic heterocycles. The molecule has 2 N–H and O–H groups in total. The van der Waals surface area contributed by atoms with Crippen molar-refractivity contribution in [1.29, 1.82) is 0 Å². The smallest absolute Gasteiger partial charge is 0.287 e. The lowest BCUT2D eigenvalue weighted by molar-refractivity contribution is -0.133. The van der Waals surface area contributed by atoms with Gasteiger partial charge in [0.05, 0.1) is 18.7 Å². The molecule has 8 nitrogen and oxygen atoms in total. The van der Waals surface area contributed by atoms with Crippen molar-refractivity contribution in [2.45, 2.75) is 31.7 Å². The van der Waals surface area contributed by atoms with Crippen LogP contribution in [0.5, 0.6) is 0 Å². The van der Waals surface area contributed by atoms with Gasteiger partial charge in [-0.2, -0.15) is 0 Å². The third-order valence-electron chi connectivity index (χ3n) is 7.79. The Balaban J connectivity index is 0.994. The lowest BCUT2D eigenvalue weighted by Crippen LogP contribution is -2.41. The number of furan rings is 1. The molecule has 0 radical (unpaired) electrons. The molecular formula is C26H26N4O4. The summed E-state index contributed by atoms with van der Waals surface area (Å²) in [5.74, 6) is 0.513. The minimum absolute atomic E-state index is 0.0849. The maximum atomic E-state index is 12.9. The van der Waals surface area contributed by atoms with Gasteiger partial charge in [-0.3, -0.25) is 19.4 Å². The van der Waals surface area contributed by atoms with Crippen molar-refractivity contribution < 1.29 is 18.8 Å². The van der Waals surface area contributed by atoms with E-state index in [4.69, 9.17) is 4.42 Å². The number of carbonyl (C=O) groups excluding carboxylic acids is 3. The second kappa shape index (κ2) is 7.97. The molecule has 1 spiro atoms. The normalized spacial score (nSPS) is 22.5. The van der Waals surface area contributed by atoms with Gasteiger partial charge >= 0.3 is 0 Å². The Hall–Kier alpha value is -3.68. The van der Waals surface area contributed by atoms with E-state index in [0.29, 0.717) is 35.8 Å². The Morgan fingerprint density at radius 2 is 2.03 bits per heavy atom. The third-order valence-corrected chi connectivity index (χ3v) is 7.79. The van der Waals surface area contributed by atoms with Crippen LogP contribution in [0.3, 0.4) is 0 Å². The second-order valence-electron chi connectivity index (χ2n) is 9.70. The van der Waals surface area contributed by atoms with Crippen LogP contribution in [0.15, 0.2) is 53.2 Å². The topological polar surface area (TPSA) is 105 Å². The van der Waals surface area contributed by atoms with Gasteiger partial charge in [0.1, 0.15) is 0 Å². The highest BCUT2D eigenvalue weighted by Gasteiger charge is 2.54. The van der Waals surface area contributed by atoms with Gasteiger partial charge in [-0.05, 0) is 54.4 Å². The fourth-order valence-corrected chi connectivity index (χ4v) is 5.62. The second-order valence-corrected chi connectivity index (χ2v) is 9.70. The summed E-state index contributed by atoms with van der Waals surface area (Å²) in [5, 5.41) is 6.81. The Bertz CT molecular complexity index is 1260. The maximum Gasteiger partial charge on any atom is 0.287 e. The van der Waals surface area contributed by atoms with E-state index in [1.807, 2.05) is 29.2 Å². The van der Waals surface area contributed by atoms with Crippen LogP contribution in [-0.4, -0.2) is 47.2 Å². The van der Waals surface area contributed by atoms with Gasteiger partial charge in [0.25, 0.3) is 11.8 Å². The zero-order valence-electron chi connectivity index (χ0n) is 18.8. The lowest BCUT2D eigenvalue weighted by Gasteiger charge is -2.33. The minimum Gasteiger partial charge on any atom is -0.449 e. The number of fused-ring (bicyclic) bond motifs is 2. The summed E-state index contributed by atoms with van der Waals surface area (Å²) in [6.45, 7) is 2.07. The summed E-state index contributed by atoms with van der Waals surface area (Å²) in [6.07, 6.45) is 6.55. The molecule has 34 heavy (non-hydrogen) atoms. The number of benzene rings is 1. The highest BCUT2D eigenvalue weighted by molar-refractivity contribution is 5.99. The van der Waals surface area contributed by atoms with E-state index in [-0.39, 0.29) is 29.2 Å². The molecule has 3 aliphatic rings. The average molecular weight is 459 g/mol. The molecule has 1 aromatic carbocycles. The van der Waals surface area contributed by atoms with Gasteiger partial charge in [-0.25, -0.2) is 0 Å². The zero-order chi connectivity index (χ0) is 23.3. The Morgan fingerprint density at radius 3 is 2.85 bits per heavy atom. The minimum atomic E-state index is -0.245. The Kier molecular flexibility index (Phi) is 4.90. The van der Waals surface area contributed by atoms with Gasteiger partial charge in [-0.1, -0.05) is 18.2 Å². The molecule has 6 rings (SSSR count). The van der Waals surface area contributed by atoms with E-state index in [9.17, 15) is 14.4 Å². The number of nitrogens with zero attached hydrogens (tertiary/aromatic N) is 2. The van der Waals surface area contributed by atoms with Gasteiger partial charge in [-0.15, -0.1) is 0 Å². The van der Waals surface area contributed by atoms with Gasteiger partial charge in [0.2, 0.25) is 5.91 Å². The SMILES string of the molecule is O=C(NCC1CC12CCN(C(=O)CC1NC(=O)c3ccccc31)CC2)c1cc2ccncc2o1. The molecule has 3 amide bonds. The number of amides is 3. The largest absolute Gasteiger partial charge is 0.449 e. The van der Waals surface area contributed by atoms with Crippen LogP contribution >= 0.6 is 0 Å². The number of hydrogen-bond acceptors (Lipinski definition) is 5. The number of likely N-dealkylation sites (tertiary alicyclic amines) is 1. The first-order valence-electron chi connectivity index (χ1n) is 11.8. The average Bonchev–Trinajstić information content (AvgIpc) is 3.19. The summed E-state index contributed by atoms with van der Waals surface area (Å²) in [6, 6.07) is 10.8. The molecule has 1 aliphatic carbocycles. The van der Waals surface area contributed by atoms with Crippen LogP contribution in [0.25, 0.3) is 11.0 Å². The first-order chi connectivity index (χ1) is 16.5. The quantitative estimate of drug-likeness (QED) is 0.612. The fraction of sp³-hybridized carbons (Fsp3) is 0.385. The molecule has 2 fully saturated rings. The first kappa shape index (κ1) is 20.9. The number of piperidine rings is 1. The molecule has 0 bridgehead atoms. The third kappa shape index (κ3) is 3.63. The summed E-state index contributed by atoms with van der Waals surface area (Å²) in [4.78, 5) is 43.5. The zero-order valence-corrected chi connectivity index (χ0v) is 18.8. The number of carbonyl (C=O) groups is 3. The summed E-state index contributed by atoms with van der Waals surface area (Å²) in [5.41, 5.74) is 2.40.